The topological polar surface area (TPSA) is 88.5 Å². The molecule has 1 aliphatic rings. The van der Waals surface area contributed by atoms with Gasteiger partial charge >= 0.3 is 5.97 Å². The minimum atomic E-state index is -0.212. The molecule has 4 rings (SSSR count). The molecule has 1 saturated heterocycles. The maximum Gasteiger partial charge on any atom is 0.309 e. The van der Waals surface area contributed by atoms with Gasteiger partial charge in [0.15, 0.2) is 5.13 Å². The molecule has 2 aromatic heterocycles. The summed E-state index contributed by atoms with van der Waals surface area (Å²) in [6, 6.07) is 7.67. The second kappa shape index (κ2) is 10.1. The number of amides is 1. The van der Waals surface area contributed by atoms with E-state index in [1.165, 1.54) is 18.3 Å². The number of esters is 1. The number of rotatable bonds is 6. The van der Waals surface area contributed by atoms with Crippen molar-refractivity contribution in [2.45, 2.75) is 40.2 Å². The first-order valence-corrected chi connectivity index (χ1v) is 11.8. The molecule has 1 amide bonds. The summed E-state index contributed by atoms with van der Waals surface area (Å²) < 4.78 is 5.55. The standard InChI is InChI=1S/C24H27N5O3S/c1-16-5-6-21(13-17(16)2)29(18(3)30)24-27-20(15-33-24)14-32-22(31)19-7-11-28(12-8-19)23-25-9-4-10-26-23/h4-6,9-10,13,15,19H,7-8,11-12,14H2,1-3H3. The lowest BCUT2D eigenvalue weighted by Crippen LogP contribution is -2.37. The highest BCUT2D eigenvalue weighted by Gasteiger charge is 2.27. The van der Waals surface area contributed by atoms with Crippen LogP contribution in [-0.4, -0.2) is 39.9 Å². The number of carbonyl (C=O) groups excluding carboxylic acids is 2. The van der Waals surface area contributed by atoms with Crippen LogP contribution >= 0.6 is 11.3 Å². The Bertz CT molecular complexity index is 1130. The Balaban J connectivity index is 1.34. The van der Waals surface area contributed by atoms with Gasteiger partial charge in [0.25, 0.3) is 0 Å². The van der Waals surface area contributed by atoms with Crippen molar-refractivity contribution in [2.75, 3.05) is 22.9 Å². The fourth-order valence-corrected chi connectivity index (χ4v) is 4.66. The van der Waals surface area contributed by atoms with Crippen LogP contribution in [0.25, 0.3) is 0 Å². The van der Waals surface area contributed by atoms with Crippen molar-refractivity contribution >= 4 is 40.0 Å². The molecular formula is C24H27N5O3S. The quantitative estimate of drug-likeness (QED) is 0.504. The van der Waals surface area contributed by atoms with Crippen molar-refractivity contribution in [1.82, 2.24) is 15.0 Å². The Kier molecular flexibility index (Phi) is 6.98. The van der Waals surface area contributed by atoms with Gasteiger partial charge in [0.1, 0.15) is 6.61 Å². The number of anilines is 3. The highest BCUT2D eigenvalue weighted by atomic mass is 32.1. The molecule has 0 bridgehead atoms. The van der Waals surface area contributed by atoms with Crippen molar-refractivity contribution in [3.63, 3.8) is 0 Å². The second-order valence-corrected chi connectivity index (χ2v) is 9.00. The third-order valence-corrected chi connectivity index (χ3v) is 6.69. The summed E-state index contributed by atoms with van der Waals surface area (Å²) >= 11 is 1.36. The Morgan fingerprint density at radius 2 is 1.88 bits per heavy atom. The summed E-state index contributed by atoms with van der Waals surface area (Å²) in [6.45, 7) is 7.09. The number of benzene rings is 1. The highest BCUT2D eigenvalue weighted by molar-refractivity contribution is 7.14. The molecule has 1 fully saturated rings. The van der Waals surface area contributed by atoms with Gasteiger partial charge in [0, 0.05) is 37.8 Å². The number of carbonyl (C=O) groups is 2. The lowest BCUT2D eigenvalue weighted by molar-refractivity contribution is -0.150. The lowest BCUT2D eigenvalue weighted by atomic mass is 9.97. The number of thiazole rings is 1. The zero-order valence-corrected chi connectivity index (χ0v) is 19.8. The van der Waals surface area contributed by atoms with Gasteiger partial charge < -0.3 is 9.64 Å². The SMILES string of the molecule is CC(=O)N(c1ccc(C)c(C)c1)c1nc(COC(=O)C2CCN(c3ncccn3)CC2)cs1. The fraction of sp³-hybridized carbons (Fsp3) is 0.375. The molecule has 0 aliphatic carbocycles. The molecule has 0 unspecified atom stereocenters. The van der Waals surface area contributed by atoms with Gasteiger partial charge in [-0.2, -0.15) is 0 Å². The normalized spacial score (nSPS) is 14.2. The van der Waals surface area contributed by atoms with Crippen LogP contribution in [0.5, 0.6) is 0 Å². The van der Waals surface area contributed by atoms with Crippen LogP contribution in [0.4, 0.5) is 16.8 Å². The molecule has 33 heavy (non-hydrogen) atoms. The highest BCUT2D eigenvalue weighted by Crippen LogP contribution is 2.30. The van der Waals surface area contributed by atoms with E-state index in [1.54, 1.807) is 23.4 Å². The molecule has 0 N–H and O–H groups in total. The van der Waals surface area contributed by atoms with Gasteiger partial charge in [-0.05, 0) is 56.0 Å². The number of ether oxygens (including phenoxy) is 1. The minimum absolute atomic E-state index is 0.0933. The summed E-state index contributed by atoms with van der Waals surface area (Å²) in [4.78, 5) is 41.7. The Labute approximate surface area is 197 Å². The van der Waals surface area contributed by atoms with E-state index in [2.05, 4.69) is 19.9 Å². The van der Waals surface area contributed by atoms with E-state index in [0.717, 1.165) is 16.8 Å². The monoisotopic (exact) mass is 465 g/mol. The van der Waals surface area contributed by atoms with Crippen molar-refractivity contribution < 1.29 is 14.3 Å². The van der Waals surface area contributed by atoms with Crippen LogP contribution in [0.1, 0.15) is 36.6 Å². The smallest absolute Gasteiger partial charge is 0.309 e. The van der Waals surface area contributed by atoms with Crippen molar-refractivity contribution in [2.24, 2.45) is 5.92 Å². The summed E-state index contributed by atoms with van der Waals surface area (Å²) in [5, 5.41) is 2.39. The fourth-order valence-electron chi connectivity index (χ4n) is 3.79. The number of aryl methyl sites for hydroxylation is 2. The summed E-state index contributed by atoms with van der Waals surface area (Å²) in [5.41, 5.74) is 3.68. The van der Waals surface area contributed by atoms with Crippen LogP contribution in [0.2, 0.25) is 0 Å². The number of hydrogen-bond donors (Lipinski definition) is 0. The molecule has 0 radical (unpaired) electrons. The summed E-state index contributed by atoms with van der Waals surface area (Å²) in [6.07, 6.45) is 4.84. The van der Waals surface area contributed by atoms with E-state index in [1.807, 2.05) is 37.4 Å². The van der Waals surface area contributed by atoms with E-state index in [-0.39, 0.29) is 24.4 Å². The molecule has 0 spiro atoms. The second-order valence-electron chi connectivity index (χ2n) is 8.16. The number of piperidine rings is 1. The Morgan fingerprint density at radius 3 is 2.55 bits per heavy atom. The molecule has 1 aliphatic heterocycles. The average molecular weight is 466 g/mol. The maximum absolute atomic E-state index is 12.6. The van der Waals surface area contributed by atoms with Crippen LogP contribution in [0.15, 0.2) is 42.0 Å². The predicted molar refractivity (Wildman–Crippen MR) is 128 cm³/mol. The van der Waals surface area contributed by atoms with Crippen LogP contribution in [0.3, 0.4) is 0 Å². The molecule has 1 aromatic carbocycles. The van der Waals surface area contributed by atoms with Gasteiger partial charge in [-0.1, -0.05) is 6.07 Å². The van der Waals surface area contributed by atoms with Crippen molar-refractivity contribution in [3.8, 4) is 0 Å². The van der Waals surface area contributed by atoms with Crippen LogP contribution in [-0.2, 0) is 20.9 Å². The molecule has 3 heterocycles. The van der Waals surface area contributed by atoms with Gasteiger partial charge in [0.05, 0.1) is 17.3 Å². The average Bonchev–Trinajstić information content (AvgIpc) is 3.28. The Hall–Kier alpha value is -3.33. The molecular weight excluding hydrogens is 438 g/mol. The summed E-state index contributed by atoms with van der Waals surface area (Å²) in [5.74, 6) is 0.214. The van der Waals surface area contributed by atoms with E-state index in [4.69, 9.17) is 4.74 Å². The molecule has 3 aromatic rings. The molecule has 0 atom stereocenters. The number of nitrogens with zero attached hydrogens (tertiary/aromatic N) is 5. The zero-order chi connectivity index (χ0) is 23.4. The first-order valence-electron chi connectivity index (χ1n) is 10.9. The third-order valence-electron chi connectivity index (χ3n) is 5.82. The Morgan fingerprint density at radius 1 is 1.15 bits per heavy atom. The number of hydrogen-bond acceptors (Lipinski definition) is 8. The van der Waals surface area contributed by atoms with E-state index in [9.17, 15) is 9.59 Å². The predicted octanol–water partition coefficient (Wildman–Crippen LogP) is 4.19. The van der Waals surface area contributed by atoms with Gasteiger partial charge in [-0.25, -0.2) is 15.0 Å². The largest absolute Gasteiger partial charge is 0.459 e. The molecule has 172 valence electrons. The van der Waals surface area contributed by atoms with E-state index in [0.29, 0.717) is 42.7 Å². The van der Waals surface area contributed by atoms with Crippen molar-refractivity contribution in [3.05, 3.63) is 58.9 Å². The first kappa shape index (κ1) is 22.8. The van der Waals surface area contributed by atoms with Gasteiger partial charge in [-0.3, -0.25) is 14.5 Å². The van der Waals surface area contributed by atoms with E-state index >= 15 is 0 Å². The van der Waals surface area contributed by atoms with Gasteiger partial charge in [-0.15, -0.1) is 11.3 Å². The van der Waals surface area contributed by atoms with Crippen molar-refractivity contribution in [1.29, 1.82) is 0 Å². The lowest BCUT2D eigenvalue weighted by Gasteiger charge is -2.30. The molecule has 8 nitrogen and oxygen atoms in total. The summed E-state index contributed by atoms with van der Waals surface area (Å²) in [7, 11) is 0. The molecule has 9 heteroatoms. The maximum atomic E-state index is 12.6. The number of aromatic nitrogens is 3. The van der Waals surface area contributed by atoms with Crippen LogP contribution < -0.4 is 9.80 Å². The zero-order valence-electron chi connectivity index (χ0n) is 19.0. The van der Waals surface area contributed by atoms with E-state index < -0.39 is 0 Å². The first-order chi connectivity index (χ1) is 15.9. The third kappa shape index (κ3) is 5.36. The van der Waals surface area contributed by atoms with Crippen LogP contribution in [0, 0.1) is 19.8 Å². The minimum Gasteiger partial charge on any atom is -0.459 e. The molecule has 0 saturated carbocycles. The van der Waals surface area contributed by atoms with Gasteiger partial charge in [0.2, 0.25) is 11.9 Å².